The summed E-state index contributed by atoms with van der Waals surface area (Å²) in [5.41, 5.74) is 4.27. The number of hydrogen-bond acceptors (Lipinski definition) is 3. The summed E-state index contributed by atoms with van der Waals surface area (Å²) >= 11 is 3.59. The van der Waals surface area contributed by atoms with E-state index in [0.29, 0.717) is 0 Å². The highest BCUT2D eigenvalue weighted by atomic mass is 79.9. The molecule has 0 unspecified atom stereocenters. The summed E-state index contributed by atoms with van der Waals surface area (Å²) in [6.45, 7) is 6.34. The van der Waals surface area contributed by atoms with Crippen LogP contribution in [0.4, 0.5) is 4.79 Å². The Hall–Kier alpha value is -2.80. The van der Waals surface area contributed by atoms with Crippen molar-refractivity contribution in [1.82, 2.24) is 14.8 Å². The SMILES string of the molecule is CN1CCc2c(n(-c3ccc(CC4(NC(=O)OC(C)(C)C)CC4)cc3)c3ccc(Br)cc23)C1=O. The number of fused-ring (bicyclic) bond motifs is 3. The molecule has 2 aromatic carbocycles. The minimum atomic E-state index is -0.512. The Kier molecular flexibility index (Phi) is 5.51. The first-order valence-corrected chi connectivity index (χ1v) is 12.5. The van der Waals surface area contributed by atoms with Gasteiger partial charge in [-0.2, -0.15) is 0 Å². The van der Waals surface area contributed by atoms with Crippen LogP contribution in [0.3, 0.4) is 0 Å². The van der Waals surface area contributed by atoms with Crippen LogP contribution in [-0.4, -0.2) is 46.2 Å². The molecule has 3 aromatic rings. The van der Waals surface area contributed by atoms with Crippen LogP contribution < -0.4 is 5.32 Å². The molecule has 2 heterocycles. The fourth-order valence-electron chi connectivity index (χ4n) is 4.81. The smallest absolute Gasteiger partial charge is 0.408 e. The van der Waals surface area contributed by atoms with Gasteiger partial charge in [-0.3, -0.25) is 4.79 Å². The van der Waals surface area contributed by atoms with Crippen LogP contribution in [0.5, 0.6) is 0 Å². The van der Waals surface area contributed by atoms with Gasteiger partial charge in [0.25, 0.3) is 5.91 Å². The normalized spacial score (nSPS) is 17.0. The fraction of sp³-hybridized carbons (Fsp3) is 0.407. The first-order chi connectivity index (χ1) is 16.1. The third-order valence-electron chi connectivity index (χ3n) is 6.64. The summed E-state index contributed by atoms with van der Waals surface area (Å²) in [5.74, 6) is 0.0520. The molecule has 1 N–H and O–H groups in total. The number of benzene rings is 2. The lowest BCUT2D eigenvalue weighted by Gasteiger charge is -2.24. The lowest BCUT2D eigenvalue weighted by molar-refractivity contribution is 0.0496. The van der Waals surface area contributed by atoms with E-state index in [1.54, 1.807) is 4.90 Å². The van der Waals surface area contributed by atoms with Crippen molar-refractivity contribution in [3.63, 3.8) is 0 Å². The number of ether oxygens (including phenoxy) is 1. The van der Waals surface area contributed by atoms with Gasteiger partial charge in [-0.1, -0.05) is 28.1 Å². The predicted octanol–water partition coefficient (Wildman–Crippen LogP) is 5.62. The molecule has 0 spiro atoms. The van der Waals surface area contributed by atoms with Crippen LogP contribution >= 0.6 is 15.9 Å². The van der Waals surface area contributed by atoms with Crippen molar-refractivity contribution < 1.29 is 14.3 Å². The molecular formula is C27H30BrN3O3. The van der Waals surface area contributed by atoms with Gasteiger partial charge < -0.3 is 19.5 Å². The number of carbonyl (C=O) groups excluding carboxylic acids is 2. The largest absolute Gasteiger partial charge is 0.444 e. The molecule has 0 saturated heterocycles. The zero-order valence-corrected chi connectivity index (χ0v) is 21.7. The van der Waals surface area contributed by atoms with E-state index in [9.17, 15) is 9.59 Å². The van der Waals surface area contributed by atoms with Gasteiger partial charge in [-0.15, -0.1) is 0 Å². The summed E-state index contributed by atoms with van der Waals surface area (Å²) in [5, 5.41) is 4.19. The molecule has 2 amide bonds. The minimum Gasteiger partial charge on any atom is -0.444 e. The molecule has 1 saturated carbocycles. The number of carbonyl (C=O) groups is 2. The highest BCUT2D eigenvalue weighted by Crippen LogP contribution is 2.39. The maximum absolute atomic E-state index is 13.2. The molecule has 1 aliphatic heterocycles. The monoisotopic (exact) mass is 523 g/mol. The summed E-state index contributed by atoms with van der Waals surface area (Å²) in [6.07, 6.45) is 3.12. The highest BCUT2D eigenvalue weighted by Gasteiger charge is 2.44. The maximum Gasteiger partial charge on any atom is 0.408 e. The van der Waals surface area contributed by atoms with Gasteiger partial charge >= 0.3 is 6.09 Å². The standard InChI is InChI=1S/C27H30BrN3O3/c1-26(2,3)34-25(33)29-27(12-13-27)16-17-5-8-19(9-6-17)31-22-10-7-18(28)15-21(22)20-11-14-30(4)24(32)23(20)31/h5-10,15H,11-14,16H2,1-4H3,(H,29,33). The van der Waals surface area contributed by atoms with Crippen molar-refractivity contribution in [2.24, 2.45) is 0 Å². The van der Waals surface area contributed by atoms with Gasteiger partial charge in [0, 0.05) is 34.7 Å². The van der Waals surface area contributed by atoms with Gasteiger partial charge in [-0.05, 0) is 87.9 Å². The molecular weight excluding hydrogens is 494 g/mol. The zero-order valence-electron chi connectivity index (χ0n) is 20.1. The Bertz CT molecular complexity index is 1280. The minimum absolute atomic E-state index is 0.0520. The predicted molar refractivity (Wildman–Crippen MR) is 137 cm³/mol. The highest BCUT2D eigenvalue weighted by molar-refractivity contribution is 9.10. The van der Waals surface area contributed by atoms with Crippen LogP contribution in [0.25, 0.3) is 16.6 Å². The van der Waals surface area contributed by atoms with Gasteiger partial charge in [-0.25, -0.2) is 4.79 Å². The van der Waals surface area contributed by atoms with Gasteiger partial charge in [0.05, 0.1) is 5.52 Å². The fourth-order valence-corrected chi connectivity index (χ4v) is 5.17. The van der Waals surface area contributed by atoms with E-state index >= 15 is 0 Å². The molecule has 1 aromatic heterocycles. The third-order valence-corrected chi connectivity index (χ3v) is 7.13. The summed E-state index contributed by atoms with van der Waals surface area (Å²) < 4.78 is 8.54. The number of halogens is 1. The van der Waals surface area contributed by atoms with Crippen molar-refractivity contribution in [2.75, 3.05) is 13.6 Å². The van der Waals surface area contributed by atoms with E-state index in [2.05, 4.69) is 62.2 Å². The molecule has 7 heteroatoms. The molecule has 0 atom stereocenters. The lowest BCUT2D eigenvalue weighted by Crippen LogP contribution is -2.41. The van der Waals surface area contributed by atoms with Crippen molar-refractivity contribution in [2.45, 2.75) is 57.6 Å². The molecule has 1 aliphatic carbocycles. The second-order valence-electron chi connectivity index (χ2n) is 10.6. The van der Waals surface area contributed by atoms with E-state index in [1.807, 2.05) is 33.9 Å². The van der Waals surface area contributed by atoms with Crippen LogP contribution in [0.15, 0.2) is 46.9 Å². The molecule has 6 nitrogen and oxygen atoms in total. The van der Waals surface area contributed by atoms with Crippen molar-refractivity contribution >= 4 is 38.8 Å². The van der Waals surface area contributed by atoms with Crippen LogP contribution in [0.2, 0.25) is 0 Å². The van der Waals surface area contributed by atoms with Crippen LogP contribution in [0, 0.1) is 0 Å². The number of rotatable bonds is 4. The Morgan fingerprint density at radius 3 is 2.50 bits per heavy atom. The van der Waals surface area contributed by atoms with E-state index in [4.69, 9.17) is 4.74 Å². The summed E-state index contributed by atoms with van der Waals surface area (Å²) in [6, 6.07) is 14.5. The number of amides is 2. The van der Waals surface area contributed by atoms with Gasteiger partial charge in [0.15, 0.2) is 0 Å². The van der Waals surface area contributed by atoms with E-state index < -0.39 is 5.60 Å². The quantitative estimate of drug-likeness (QED) is 0.482. The van der Waals surface area contributed by atoms with Crippen molar-refractivity contribution in [1.29, 1.82) is 0 Å². The topological polar surface area (TPSA) is 63.6 Å². The summed E-state index contributed by atoms with van der Waals surface area (Å²) in [7, 11) is 1.86. The third kappa shape index (κ3) is 4.33. The number of likely N-dealkylation sites (N-methyl/N-ethyl adjacent to an activating group) is 1. The molecule has 1 fully saturated rings. The molecule has 178 valence electrons. The van der Waals surface area contributed by atoms with E-state index in [1.165, 1.54) is 0 Å². The van der Waals surface area contributed by atoms with Crippen LogP contribution in [0.1, 0.15) is 55.2 Å². The first kappa shape index (κ1) is 23.0. The number of nitrogens with one attached hydrogen (secondary N) is 1. The molecule has 0 radical (unpaired) electrons. The molecule has 0 bridgehead atoms. The Morgan fingerprint density at radius 1 is 1.15 bits per heavy atom. The molecule has 34 heavy (non-hydrogen) atoms. The number of alkyl carbamates (subject to hydrolysis) is 1. The zero-order chi connectivity index (χ0) is 24.3. The Morgan fingerprint density at radius 2 is 1.85 bits per heavy atom. The molecule has 5 rings (SSSR count). The van der Waals surface area contributed by atoms with Gasteiger partial charge in [0.2, 0.25) is 0 Å². The summed E-state index contributed by atoms with van der Waals surface area (Å²) in [4.78, 5) is 27.2. The lowest BCUT2D eigenvalue weighted by atomic mass is 10.0. The second-order valence-corrected chi connectivity index (χ2v) is 11.5. The average Bonchev–Trinajstić information content (AvgIpc) is 3.41. The van der Waals surface area contributed by atoms with E-state index in [-0.39, 0.29) is 17.5 Å². The van der Waals surface area contributed by atoms with Crippen LogP contribution in [-0.2, 0) is 17.6 Å². The van der Waals surface area contributed by atoms with Gasteiger partial charge in [0.1, 0.15) is 11.3 Å². The maximum atomic E-state index is 13.2. The first-order valence-electron chi connectivity index (χ1n) is 11.7. The second kappa shape index (κ2) is 8.15. The number of nitrogens with zero attached hydrogens (tertiary/aromatic N) is 2. The Labute approximate surface area is 208 Å². The Balaban J connectivity index is 1.44. The average molecular weight is 524 g/mol. The number of aromatic nitrogens is 1. The molecule has 2 aliphatic rings. The van der Waals surface area contributed by atoms with Crippen molar-refractivity contribution in [3.05, 3.63) is 63.8 Å². The van der Waals surface area contributed by atoms with Crippen molar-refractivity contribution in [3.8, 4) is 5.69 Å². The van der Waals surface area contributed by atoms with E-state index in [0.717, 1.165) is 70.1 Å². The number of hydrogen-bond donors (Lipinski definition) is 1.